The van der Waals surface area contributed by atoms with Crippen molar-refractivity contribution in [3.8, 4) is 0 Å². The van der Waals surface area contributed by atoms with Crippen LogP contribution < -0.4 is 5.32 Å². The fraction of sp³-hybridized carbons (Fsp3) is 0.214. The Balaban J connectivity index is 2.19. The summed E-state index contributed by atoms with van der Waals surface area (Å²) >= 11 is 5.96. The van der Waals surface area contributed by atoms with Crippen LogP contribution in [0.5, 0.6) is 0 Å². The third kappa shape index (κ3) is 3.05. The molecule has 110 valence electrons. The molecule has 0 unspecified atom stereocenters. The van der Waals surface area contributed by atoms with E-state index in [4.69, 9.17) is 11.6 Å². The number of carboxylic acids is 1. The van der Waals surface area contributed by atoms with Gasteiger partial charge >= 0.3 is 5.97 Å². The normalized spacial score (nSPS) is 10.4. The number of aromatic nitrogens is 2. The number of rotatable bonds is 5. The monoisotopic (exact) mass is 307 g/mol. The zero-order valence-corrected chi connectivity index (χ0v) is 12.3. The molecule has 2 rings (SSSR count). The topological polar surface area (TPSA) is 84.2 Å². The van der Waals surface area contributed by atoms with E-state index in [9.17, 15) is 14.7 Å². The number of hydrogen-bond donors (Lipinski definition) is 2. The van der Waals surface area contributed by atoms with Crippen LogP contribution in [0.1, 0.15) is 26.4 Å². The number of Topliss-reactive ketones (excluding diaryl/α,β-unsaturated/α-hetero) is 1. The van der Waals surface area contributed by atoms with E-state index in [1.54, 1.807) is 38.2 Å². The number of carbonyl (C=O) groups is 2. The van der Waals surface area contributed by atoms with Gasteiger partial charge in [-0.2, -0.15) is 5.10 Å². The van der Waals surface area contributed by atoms with Gasteiger partial charge in [-0.15, -0.1) is 0 Å². The molecule has 2 N–H and O–H groups in total. The molecule has 0 fully saturated rings. The van der Waals surface area contributed by atoms with Crippen molar-refractivity contribution in [2.75, 3.05) is 11.9 Å². The Labute approximate surface area is 126 Å². The van der Waals surface area contributed by atoms with Crippen molar-refractivity contribution in [2.45, 2.75) is 6.92 Å². The van der Waals surface area contributed by atoms with E-state index in [2.05, 4.69) is 10.4 Å². The van der Waals surface area contributed by atoms with Gasteiger partial charge in [0.05, 0.1) is 17.3 Å². The summed E-state index contributed by atoms with van der Waals surface area (Å²) in [4.78, 5) is 23.3. The minimum Gasteiger partial charge on any atom is -0.477 e. The molecule has 1 heterocycles. The predicted molar refractivity (Wildman–Crippen MR) is 79.2 cm³/mol. The molecule has 6 nitrogen and oxygen atoms in total. The van der Waals surface area contributed by atoms with Crippen LogP contribution in [-0.2, 0) is 7.05 Å². The van der Waals surface area contributed by atoms with Gasteiger partial charge in [-0.25, -0.2) is 4.79 Å². The average molecular weight is 308 g/mol. The summed E-state index contributed by atoms with van der Waals surface area (Å²) in [6, 6.07) is 6.71. The second-order valence-electron chi connectivity index (χ2n) is 4.49. The number of aromatic carboxylic acids is 1. The molecule has 0 amide bonds. The molecule has 21 heavy (non-hydrogen) atoms. The van der Waals surface area contributed by atoms with E-state index < -0.39 is 5.97 Å². The Morgan fingerprint density at radius 2 is 2.05 bits per heavy atom. The molecule has 0 aliphatic carbocycles. The molecule has 0 bridgehead atoms. The lowest BCUT2D eigenvalue weighted by Crippen LogP contribution is -2.18. The SMILES string of the molecule is Cc1nn(C)c(NCC(=O)c2ccccc2Cl)c1C(=O)O. The van der Waals surface area contributed by atoms with Crippen molar-refractivity contribution < 1.29 is 14.7 Å². The molecule has 0 aliphatic heterocycles. The first kappa shape index (κ1) is 15.1. The molecule has 0 atom stereocenters. The fourth-order valence-electron chi connectivity index (χ4n) is 2.06. The number of benzene rings is 1. The van der Waals surface area contributed by atoms with Gasteiger partial charge in [-0.3, -0.25) is 9.48 Å². The number of carbonyl (C=O) groups excluding carboxylic acids is 1. The average Bonchev–Trinajstić information content (AvgIpc) is 2.70. The van der Waals surface area contributed by atoms with E-state index in [0.29, 0.717) is 22.1 Å². The summed E-state index contributed by atoms with van der Waals surface area (Å²) in [5.41, 5.74) is 0.838. The zero-order chi connectivity index (χ0) is 15.6. The molecule has 0 saturated carbocycles. The number of hydrogen-bond acceptors (Lipinski definition) is 4. The van der Waals surface area contributed by atoms with Gasteiger partial charge in [0.1, 0.15) is 11.4 Å². The molecule has 0 aliphatic rings. The highest BCUT2D eigenvalue weighted by atomic mass is 35.5. The first-order valence-electron chi connectivity index (χ1n) is 6.20. The molecule has 1 aromatic heterocycles. The largest absolute Gasteiger partial charge is 0.477 e. The highest BCUT2D eigenvalue weighted by molar-refractivity contribution is 6.34. The van der Waals surface area contributed by atoms with E-state index in [-0.39, 0.29) is 17.9 Å². The summed E-state index contributed by atoms with van der Waals surface area (Å²) in [6.45, 7) is 1.54. The molecule has 2 aromatic rings. The van der Waals surface area contributed by atoms with Crippen molar-refractivity contribution in [2.24, 2.45) is 7.05 Å². The fourth-order valence-corrected chi connectivity index (χ4v) is 2.30. The summed E-state index contributed by atoms with van der Waals surface area (Å²) in [7, 11) is 1.61. The lowest BCUT2D eigenvalue weighted by molar-refractivity contribution is 0.0696. The van der Waals surface area contributed by atoms with Crippen LogP contribution in [0.4, 0.5) is 5.82 Å². The number of carboxylic acid groups (broad SMARTS) is 1. The van der Waals surface area contributed by atoms with E-state index in [1.807, 2.05) is 0 Å². The summed E-state index contributed by atoms with van der Waals surface area (Å²) < 4.78 is 1.40. The Morgan fingerprint density at radius 1 is 1.38 bits per heavy atom. The maximum Gasteiger partial charge on any atom is 0.341 e. The molecular formula is C14H14ClN3O3. The zero-order valence-electron chi connectivity index (χ0n) is 11.6. The lowest BCUT2D eigenvalue weighted by Gasteiger charge is -2.08. The quantitative estimate of drug-likeness (QED) is 0.828. The van der Waals surface area contributed by atoms with Crippen molar-refractivity contribution >= 4 is 29.2 Å². The van der Waals surface area contributed by atoms with Crippen molar-refractivity contribution in [1.82, 2.24) is 9.78 Å². The van der Waals surface area contributed by atoms with Crippen LogP contribution >= 0.6 is 11.6 Å². The Hall–Kier alpha value is -2.34. The number of halogens is 1. The van der Waals surface area contributed by atoms with Gasteiger partial charge in [-0.1, -0.05) is 23.7 Å². The maximum atomic E-state index is 12.1. The first-order valence-corrected chi connectivity index (χ1v) is 6.58. The Kier molecular flexibility index (Phi) is 4.28. The minimum absolute atomic E-state index is 0.0597. The molecule has 0 saturated heterocycles. The van der Waals surface area contributed by atoms with E-state index in [0.717, 1.165) is 0 Å². The van der Waals surface area contributed by atoms with Gasteiger partial charge in [0, 0.05) is 12.6 Å². The highest BCUT2D eigenvalue weighted by Gasteiger charge is 2.20. The molecule has 0 spiro atoms. The smallest absolute Gasteiger partial charge is 0.341 e. The maximum absolute atomic E-state index is 12.1. The number of anilines is 1. The van der Waals surface area contributed by atoms with Crippen molar-refractivity contribution in [1.29, 1.82) is 0 Å². The predicted octanol–water partition coefficient (Wildman–Crippen LogP) is 2.37. The van der Waals surface area contributed by atoms with Crippen LogP contribution in [0.25, 0.3) is 0 Å². The minimum atomic E-state index is -1.09. The van der Waals surface area contributed by atoms with E-state index >= 15 is 0 Å². The second kappa shape index (κ2) is 5.97. The number of aryl methyl sites for hydroxylation is 2. The van der Waals surface area contributed by atoms with Gasteiger partial charge in [-0.05, 0) is 19.1 Å². The van der Waals surface area contributed by atoms with Gasteiger partial charge in [0.2, 0.25) is 0 Å². The Bertz CT molecular complexity index is 709. The van der Waals surface area contributed by atoms with Gasteiger partial charge in [0.25, 0.3) is 0 Å². The van der Waals surface area contributed by atoms with E-state index in [1.165, 1.54) is 4.68 Å². The number of nitrogens with one attached hydrogen (secondary N) is 1. The van der Waals surface area contributed by atoms with Crippen LogP contribution in [0, 0.1) is 6.92 Å². The standard InChI is InChI=1S/C14H14ClN3O3/c1-8-12(14(20)21)13(18(2)17-8)16-7-11(19)9-5-3-4-6-10(9)15/h3-6,16H,7H2,1-2H3,(H,20,21). The summed E-state index contributed by atoms with van der Waals surface area (Å²) in [5, 5.41) is 16.4. The lowest BCUT2D eigenvalue weighted by atomic mass is 10.1. The molecule has 0 radical (unpaired) electrons. The highest BCUT2D eigenvalue weighted by Crippen LogP contribution is 2.20. The summed E-state index contributed by atoms with van der Waals surface area (Å²) in [6.07, 6.45) is 0. The van der Waals surface area contributed by atoms with Gasteiger partial charge < -0.3 is 10.4 Å². The third-order valence-electron chi connectivity index (χ3n) is 3.03. The number of ketones is 1. The van der Waals surface area contributed by atoms with Crippen LogP contribution in [0.3, 0.4) is 0 Å². The molecular weight excluding hydrogens is 294 g/mol. The van der Waals surface area contributed by atoms with Crippen LogP contribution in [0.2, 0.25) is 5.02 Å². The van der Waals surface area contributed by atoms with Crippen LogP contribution in [-0.4, -0.2) is 33.2 Å². The first-order chi connectivity index (χ1) is 9.91. The van der Waals surface area contributed by atoms with Crippen molar-refractivity contribution in [3.05, 3.63) is 46.1 Å². The molecule has 1 aromatic carbocycles. The Morgan fingerprint density at radius 3 is 2.67 bits per heavy atom. The summed E-state index contributed by atoms with van der Waals surface area (Å²) in [5.74, 6) is -1.02. The van der Waals surface area contributed by atoms with Gasteiger partial charge in [0.15, 0.2) is 5.78 Å². The molecule has 7 heteroatoms. The second-order valence-corrected chi connectivity index (χ2v) is 4.90. The van der Waals surface area contributed by atoms with Crippen molar-refractivity contribution in [3.63, 3.8) is 0 Å². The third-order valence-corrected chi connectivity index (χ3v) is 3.36. The number of nitrogens with zero attached hydrogens (tertiary/aromatic N) is 2. The van der Waals surface area contributed by atoms with Crippen LogP contribution in [0.15, 0.2) is 24.3 Å².